The van der Waals surface area contributed by atoms with E-state index in [1.807, 2.05) is 0 Å². The lowest BCUT2D eigenvalue weighted by atomic mass is 9.92. The summed E-state index contributed by atoms with van der Waals surface area (Å²) < 4.78 is 42.9. The first-order chi connectivity index (χ1) is 9.85. The molecule has 112 valence electrons. The maximum Gasteiger partial charge on any atom is 0.132 e. The lowest BCUT2D eigenvalue weighted by Crippen LogP contribution is -2.23. The van der Waals surface area contributed by atoms with Gasteiger partial charge in [0.15, 0.2) is 0 Å². The first kappa shape index (κ1) is 16.0. The molecule has 0 radical (unpaired) electrons. The van der Waals surface area contributed by atoms with E-state index in [1.54, 1.807) is 27.0 Å². The Morgan fingerprint density at radius 2 is 1.43 bits per heavy atom. The Kier molecular flexibility index (Phi) is 4.74. The van der Waals surface area contributed by atoms with Crippen molar-refractivity contribution in [2.24, 2.45) is 0 Å². The van der Waals surface area contributed by atoms with Gasteiger partial charge in [-0.2, -0.15) is 0 Å². The monoisotopic (exact) mass is 357 g/mol. The minimum Gasteiger partial charge on any atom is -0.309 e. The van der Waals surface area contributed by atoms with E-state index in [0.29, 0.717) is 10.0 Å². The van der Waals surface area contributed by atoms with Crippen molar-refractivity contribution < 1.29 is 13.2 Å². The van der Waals surface area contributed by atoms with Crippen LogP contribution in [-0.2, 0) is 0 Å². The standard InChI is InChI=1S/C16H15BrF3N/c1-8-4-9(2)14(11(18)5-8)16(21-3)15-12(19)6-10(17)7-13(15)20/h4-7,16,21H,1-3H3. The molecule has 0 amide bonds. The summed E-state index contributed by atoms with van der Waals surface area (Å²) >= 11 is 3.04. The molecule has 0 aliphatic rings. The normalized spacial score (nSPS) is 12.5. The van der Waals surface area contributed by atoms with E-state index < -0.39 is 23.5 Å². The van der Waals surface area contributed by atoms with E-state index >= 15 is 0 Å². The quantitative estimate of drug-likeness (QED) is 0.832. The first-order valence-corrected chi connectivity index (χ1v) is 7.22. The Balaban J connectivity index is 2.66. The molecule has 0 saturated carbocycles. The van der Waals surface area contributed by atoms with Gasteiger partial charge in [0, 0.05) is 15.6 Å². The third-order valence-electron chi connectivity index (χ3n) is 3.39. The summed E-state index contributed by atoms with van der Waals surface area (Å²) in [6, 6.07) is 4.60. The molecular formula is C16H15BrF3N. The Hall–Kier alpha value is -1.33. The second-order valence-corrected chi connectivity index (χ2v) is 5.90. The largest absolute Gasteiger partial charge is 0.309 e. The molecule has 21 heavy (non-hydrogen) atoms. The van der Waals surface area contributed by atoms with Crippen molar-refractivity contribution >= 4 is 15.9 Å². The van der Waals surface area contributed by atoms with Crippen molar-refractivity contribution in [3.8, 4) is 0 Å². The topological polar surface area (TPSA) is 12.0 Å². The van der Waals surface area contributed by atoms with Crippen LogP contribution in [0.25, 0.3) is 0 Å². The summed E-state index contributed by atoms with van der Waals surface area (Å²) in [6.45, 7) is 3.50. The van der Waals surface area contributed by atoms with E-state index in [1.165, 1.54) is 18.2 Å². The SMILES string of the molecule is CNC(c1c(C)cc(C)cc1F)c1c(F)cc(Br)cc1F. The minimum absolute atomic E-state index is 0.188. The molecule has 0 bridgehead atoms. The molecule has 0 spiro atoms. The number of benzene rings is 2. The fourth-order valence-electron chi connectivity index (χ4n) is 2.55. The second kappa shape index (κ2) is 6.20. The van der Waals surface area contributed by atoms with Gasteiger partial charge in [0.25, 0.3) is 0 Å². The Bertz CT molecular complexity index is 582. The van der Waals surface area contributed by atoms with Gasteiger partial charge >= 0.3 is 0 Å². The second-order valence-electron chi connectivity index (χ2n) is 4.98. The van der Waals surface area contributed by atoms with Crippen LogP contribution in [0.1, 0.15) is 28.3 Å². The molecule has 2 aromatic carbocycles. The summed E-state index contributed by atoms with van der Waals surface area (Å²) in [5.41, 5.74) is 1.48. The van der Waals surface area contributed by atoms with Crippen molar-refractivity contribution in [2.75, 3.05) is 7.05 Å². The molecule has 1 N–H and O–H groups in total. The van der Waals surface area contributed by atoms with Gasteiger partial charge in [-0.05, 0) is 50.2 Å². The molecule has 2 aromatic rings. The Morgan fingerprint density at radius 1 is 0.905 bits per heavy atom. The van der Waals surface area contributed by atoms with Crippen molar-refractivity contribution in [1.29, 1.82) is 0 Å². The zero-order valence-corrected chi connectivity index (χ0v) is 13.5. The molecule has 1 atom stereocenters. The lowest BCUT2D eigenvalue weighted by Gasteiger charge is -2.22. The van der Waals surface area contributed by atoms with Gasteiger partial charge in [-0.3, -0.25) is 0 Å². The smallest absolute Gasteiger partial charge is 0.132 e. The predicted molar refractivity (Wildman–Crippen MR) is 80.8 cm³/mol. The lowest BCUT2D eigenvalue weighted by molar-refractivity contribution is 0.505. The summed E-state index contributed by atoms with van der Waals surface area (Å²) in [5, 5.41) is 2.80. The van der Waals surface area contributed by atoms with E-state index in [0.717, 1.165) is 5.56 Å². The van der Waals surface area contributed by atoms with Crippen LogP contribution in [0.4, 0.5) is 13.2 Å². The summed E-state index contributed by atoms with van der Waals surface area (Å²) in [6.07, 6.45) is 0. The third kappa shape index (κ3) is 3.14. The highest BCUT2D eigenvalue weighted by atomic mass is 79.9. The first-order valence-electron chi connectivity index (χ1n) is 6.43. The van der Waals surface area contributed by atoms with Gasteiger partial charge in [-0.1, -0.05) is 22.0 Å². The number of hydrogen-bond donors (Lipinski definition) is 1. The number of aryl methyl sites for hydroxylation is 2. The summed E-state index contributed by atoms with van der Waals surface area (Å²) in [7, 11) is 1.55. The Morgan fingerprint density at radius 3 is 1.90 bits per heavy atom. The van der Waals surface area contributed by atoms with Gasteiger partial charge in [-0.25, -0.2) is 13.2 Å². The molecule has 5 heteroatoms. The van der Waals surface area contributed by atoms with Crippen molar-refractivity contribution in [3.63, 3.8) is 0 Å². The zero-order chi connectivity index (χ0) is 15.7. The van der Waals surface area contributed by atoms with E-state index in [4.69, 9.17) is 0 Å². The molecule has 0 aromatic heterocycles. The molecule has 0 saturated heterocycles. The van der Waals surface area contributed by atoms with E-state index in [9.17, 15) is 13.2 Å². The van der Waals surface area contributed by atoms with Gasteiger partial charge in [-0.15, -0.1) is 0 Å². The number of halogens is 4. The van der Waals surface area contributed by atoms with Crippen LogP contribution in [-0.4, -0.2) is 7.05 Å². The summed E-state index contributed by atoms with van der Waals surface area (Å²) in [5.74, 6) is -1.92. The molecule has 1 nitrogen and oxygen atoms in total. The zero-order valence-electron chi connectivity index (χ0n) is 11.9. The van der Waals surface area contributed by atoms with E-state index in [-0.39, 0.29) is 11.1 Å². The van der Waals surface area contributed by atoms with Crippen molar-refractivity contribution in [2.45, 2.75) is 19.9 Å². The average molecular weight is 358 g/mol. The molecule has 2 rings (SSSR count). The molecule has 0 fully saturated rings. The van der Waals surface area contributed by atoms with E-state index in [2.05, 4.69) is 21.2 Å². The number of rotatable bonds is 3. The molecular weight excluding hydrogens is 343 g/mol. The summed E-state index contributed by atoms with van der Waals surface area (Å²) in [4.78, 5) is 0. The molecule has 0 heterocycles. The molecule has 0 aliphatic carbocycles. The van der Waals surface area contributed by atoms with Gasteiger partial charge in [0.2, 0.25) is 0 Å². The number of nitrogens with one attached hydrogen (secondary N) is 1. The van der Waals surface area contributed by atoms with Crippen LogP contribution in [0.3, 0.4) is 0 Å². The minimum atomic E-state index is -0.890. The van der Waals surface area contributed by atoms with Crippen molar-refractivity contribution in [1.82, 2.24) is 5.32 Å². The average Bonchev–Trinajstić information content (AvgIpc) is 2.34. The maximum absolute atomic E-state index is 14.3. The van der Waals surface area contributed by atoms with Gasteiger partial charge < -0.3 is 5.32 Å². The van der Waals surface area contributed by atoms with Crippen LogP contribution < -0.4 is 5.32 Å². The van der Waals surface area contributed by atoms with Gasteiger partial charge in [0.1, 0.15) is 17.5 Å². The van der Waals surface area contributed by atoms with Crippen LogP contribution in [0.2, 0.25) is 0 Å². The van der Waals surface area contributed by atoms with Crippen LogP contribution >= 0.6 is 15.9 Å². The maximum atomic E-state index is 14.3. The fraction of sp³-hybridized carbons (Fsp3) is 0.250. The molecule has 1 unspecified atom stereocenters. The molecule has 0 aliphatic heterocycles. The highest BCUT2D eigenvalue weighted by molar-refractivity contribution is 9.10. The fourth-order valence-corrected chi connectivity index (χ4v) is 2.96. The predicted octanol–water partition coefficient (Wildman–Crippen LogP) is 4.79. The van der Waals surface area contributed by atoms with Gasteiger partial charge in [0.05, 0.1) is 6.04 Å². The Labute approximate surface area is 130 Å². The van der Waals surface area contributed by atoms with Crippen LogP contribution in [0.5, 0.6) is 0 Å². The third-order valence-corrected chi connectivity index (χ3v) is 3.85. The number of hydrogen-bond acceptors (Lipinski definition) is 1. The van der Waals surface area contributed by atoms with Crippen LogP contribution in [0.15, 0.2) is 28.7 Å². The van der Waals surface area contributed by atoms with Crippen molar-refractivity contribution in [3.05, 3.63) is 68.4 Å². The highest BCUT2D eigenvalue weighted by Crippen LogP contribution is 2.32. The van der Waals surface area contributed by atoms with Crippen LogP contribution in [0, 0.1) is 31.3 Å². The highest BCUT2D eigenvalue weighted by Gasteiger charge is 2.25.